The summed E-state index contributed by atoms with van der Waals surface area (Å²) in [5, 5.41) is 0. The first-order valence-electron chi connectivity index (χ1n) is 7.71. The topological polar surface area (TPSA) is 36.9 Å². The van der Waals surface area contributed by atoms with E-state index in [-0.39, 0.29) is 11.9 Å². The molecule has 0 aromatic carbocycles. The average molecular weight is 268 g/mol. The number of hydrogen-bond acceptors (Lipinski definition) is 4. The van der Waals surface area contributed by atoms with E-state index in [2.05, 4.69) is 13.8 Å². The summed E-state index contributed by atoms with van der Waals surface area (Å²) >= 11 is 0. The summed E-state index contributed by atoms with van der Waals surface area (Å²) in [4.78, 5) is 11.7. The van der Waals surface area contributed by atoms with Crippen molar-refractivity contribution in [2.45, 2.75) is 64.1 Å². The van der Waals surface area contributed by atoms with Crippen molar-refractivity contribution < 1.29 is 19.2 Å². The van der Waals surface area contributed by atoms with Gasteiger partial charge >= 0.3 is 0 Å². The van der Waals surface area contributed by atoms with Crippen LogP contribution in [-0.2, 0) is 19.2 Å². The molecular weight excluding hydrogens is 244 g/mol. The lowest BCUT2D eigenvalue weighted by atomic mass is 9.58. The first kappa shape index (κ1) is 12.6. The first-order chi connectivity index (χ1) is 9.05. The van der Waals surface area contributed by atoms with E-state index in [1.807, 2.05) is 6.92 Å². The molecule has 7 atom stereocenters. The van der Waals surface area contributed by atoms with E-state index in [1.165, 1.54) is 12.8 Å². The second kappa shape index (κ2) is 3.94. The Morgan fingerprint density at radius 1 is 0.947 bits per heavy atom. The monoisotopic (exact) mass is 268 g/mol. The molecule has 0 radical (unpaired) electrons. The van der Waals surface area contributed by atoms with E-state index in [1.54, 1.807) is 0 Å². The van der Waals surface area contributed by atoms with E-state index < -0.39 is 5.79 Å². The van der Waals surface area contributed by atoms with Crippen molar-refractivity contribution in [1.29, 1.82) is 0 Å². The van der Waals surface area contributed by atoms with Crippen LogP contribution in [0, 0.1) is 23.7 Å². The van der Waals surface area contributed by atoms with Crippen LogP contribution in [0.5, 0.6) is 0 Å². The summed E-state index contributed by atoms with van der Waals surface area (Å²) in [7, 11) is 0. The number of rotatable bonds is 0. The second-order valence-electron chi connectivity index (χ2n) is 7.22. The Balaban J connectivity index is 1.81. The van der Waals surface area contributed by atoms with Crippen molar-refractivity contribution in [2.24, 2.45) is 23.7 Å². The standard InChI is InChI=1S/C15H24O4/c1-9-4-5-11-10(2)8-16-13-15(11)12(9)6-7-14(3,17-13)18-19-15/h9-13H,4-8H2,1-3H3/t9-,10?,11?,12+,13-,14+,15+/m1/s1. The molecule has 2 unspecified atom stereocenters. The van der Waals surface area contributed by atoms with Crippen LogP contribution >= 0.6 is 0 Å². The molecule has 5 rings (SSSR count). The molecule has 4 saturated heterocycles. The average Bonchev–Trinajstić information content (AvgIpc) is 2.61. The Morgan fingerprint density at radius 2 is 1.74 bits per heavy atom. The fourth-order valence-corrected chi connectivity index (χ4v) is 4.88. The van der Waals surface area contributed by atoms with Crippen LogP contribution in [0.3, 0.4) is 0 Å². The molecular formula is C15H24O4. The lowest BCUT2D eigenvalue weighted by Gasteiger charge is -2.58. The fraction of sp³-hybridized carbons (Fsp3) is 1.00. The van der Waals surface area contributed by atoms with Crippen molar-refractivity contribution >= 4 is 0 Å². The molecule has 1 saturated carbocycles. The normalized spacial score (nSPS) is 60.5. The van der Waals surface area contributed by atoms with Crippen LogP contribution < -0.4 is 0 Å². The highest BCUT2D eigenvalue weighted by Gasteiger charge is 2.67. The SMILES string of the molecule is CC1CO[C@@H]2O[C@]3(C)CC[C@H]4[C@H](C)CCC1[C@@]24OO3. The van der Waals surface area contributed by atoms with Gasteiger partial charge in [-0.05, 0) is 43.9 Å². The predicted octanol–water partition coefficient (Wildman–Crippen LogP) is 2.87. The van der Waals surface area contributed by atoms with Gasteiger partial charge in [0.2, 0.25) is 5.79 Å². The highest BCUT2D eigenvalue weighted by atomic mass is 17.3. The molecule has 19 heavy (non-hydrogen) atoms. The predicted molar refractivity (Wildman–Crippen MR) is 67.9 cm³/mol. The van der Waals surface area contributed by atoms with Crippen LogP contribution in [0.2, 0.25) is 0 Å². The molecule has 5 aliphatic rings. The molecule has 0 N–H and O–H groups in total. The van der Waals surface area contributed by atoms with Crippen LogP contribution in [-0.4, -0.2) is 24.3 Å². The summed E-state index contributed by atoms with van der Waals surface area (Å²) in [6, 6.07) is 0. The molecule has 4 nitrogen and oxygen atoms in total. The van der Waals surface area contributed by atoms with E-state index in [0.29, 0.717) is 23.7 Å². The molecule has 0 amide bonds. The third kappa shape index (κ3) is 1.54. The van der Waals surface area contributed by atoms with Gasteiger partial charge in [-0.15, -0.1) is 0 Å². The summed E-state index contributed by atoms with van der Waals surface area (Å²) in [5.41, 5.74) is -0.370. The highest BCUT2D eigenvalue weighted by Crippen LogP contribution is 2.59. The minimum Gasteiger partial charge on any atom is -0.349 e. The molecule has 1 spiro atoms. The van der Waals surface area contributed by atoms with Crippen LogP contribution in [0.25, 0.3) is 0 Å². The smallest absolute Gasteiger partial charge is 0.201 e. The lowest BCUT2D eigenvalue weighted by Crippen LogP contribution is -2.68. The molecule has 0 aromatic rings. The van der Waals surface area contributed by atoms with Gasteiger partial charge in [0.15, 0.2) is 11.9 Å². The van der Waals surface area contributed by atoms with Crippen LogP contribution in [0.4, 0.5) is 0 Å². The Kier molecular flexibility index (Phi) is 2.61. The molecule has 5 fully saturated rings. The highest BCUT2D eigenvalue weighted by molar-refractivity contribution is 5.08. The summed E-state index contributed by atoms with van der Waals surface area (Å²) < 4.78 is 12.2. The molecule has 0 aromatic heterocycles. The van der Waals surface area contributed by atoms with Crippen molar-refractivity contribution in [3.63, 3.8) is 0 Å². The van der Waals surface area contributed by atoms with Gasteiger partial charge in [0, 0.05) is 12.3 Å². The largest absolute Gasteiger partial charge is 0.349 e. The number of hydrogen-bond donors (Lipinski definition) is 0. The zero-order valence-electron chi connectivity index (χ0n) is 12.1. The maximum atomic E-state index is 6.16. The van der Waals surface area contributed by atoms with Crippen LogP contribution in [0.15, 0.2) is 0 Å². The third-order valence-electron chi connectivity index (χ3n) is 5.97. The summed E-state index contributed by atoms with van der Waals surface area (Å²) in [5.74, 6) is 1.53. The van der Waals surface area contributed by atoms with Gasteiger partial charge in [-0.1, -0.05) is 13.8 Å². The fourth-order valence-electron chi connectivity index (χ4n) is 4.88. The van der Waals surface area contributed by atoms with Crippen molar-refractivity contribution in [1.82, 2.24) is 0 Å². The molecule has 1 aliphatic carbocycles. The minimum absolute atomic E-state index is 0.248. The van der Waals surface area contributed by atoms with Gasteiger partial charge in [-0.25, -0.2) is 9.78 Å². The van der Waals surface area contributed by atoms with Crippen molar-refractivity contribution in [2.75, 3.05) is 6.61 Å². The Morgan fingerprint density at radius 3 is 2.58 bits per heavy atom. The van der Waals surface area contributed by atoms with Gasteiger partial charge in [-0.3, -0.25) is 0 Å². The van der Waals surface area contributed by atoms with Crippen LogP contribution in [0.1, 0.15) is 46.5 Å². The van der Waals surface area contributed by atoms with Gasteiger partial charge < -0.3 is 9.47 Å². The summed E-state index contributed by atoms with van der Waals surface area (Å²) in [6.07, 6.45) is 4.24. The Labute approximate surface area is 114 Å². The molecule has 4 heterocycles. The van der Waals surface area contributed by atoms with Crippen molar-refractivity contribution in [3.8, 4) is 0 Å². The molecule has 4 heteroatoms. The minimum atomic E-state index is -0.627. The number of fused-ring (bicyclic) bond motifs is 2. The van der Waals surface area contributed by atoms with Gasteiger partial charge in [-0.2, -0.15) is 0 Å². The van der Waals surface area contributed by atoms with E-state index in [4.69, 9.17) is 19.2 Å². The third-order valence-corrected chi connectivity index (χ3v) is 5.97. The van der Waals surface area contributed by atoms with E-state index in [0.717, 1.165) is 19.4 Å². The zero-order chi connectivity index (χ0) is 13.3. The maximum absolute atomic E-state index is 6.16. The molecule has 4 aliphatic heterocycles. The Hall–Kier alpha value is -0.160. The maximum Gasteiger partial charge on any atom is 0.201 e. The van der Waals surface area contributed by atoms with Gasteiger partial charge in [0.05, 0.1) is 6.61 Å². The van der Waals surface area contributed by atoms with Gasteiger partial charge in [0.1, 0.15) is 0 Å². The lowest BCUT2D eigenvalue weighted by molar-refractivity contribution is -0.566. The molecule has 108 valence electrons. The number of ether oxygens (including phenoxy) is 2. The quantitative estimate of drug-likeness (QED) is 0.633. The Bertz CT molecular complexity index is 386. The molecule has 2 bridgehead atoms. The van der Waals surface area contributed by atoms with E-state index in [9.17, 15) is 0 Å². The van der Waals surface area contributed by atoms with Gasteiger partial charge in [0.25, 0.3) is 0 Å². The zero-order valence-corrected chi connectivity index (χ0v) is 12.1. The first-order valence-corrected chi connectivity index (χ1v) is 7.71. The van der Waals surface area contributed by atoms with E-state index >= 15 is 0 Å². The summed E-state index contributed by atoms with van der Waals surface area (Å²) in [6.45, 7) is 7.36. The second-order valence-corrected chi connectivity index (χ2v) is 7.22. The van der Waals surface area contributed by atoms with Crippen molar-refractivity contribution in [3.05, 3.63) is 0 Å².